The summed E-state index contributed by atoms with van der Waals surface area (Å²) >= 11 is 1.52. The zero-order chi connectivity index (χ0) is 10.8. The van der Waals surface area contributed by atoms with Gasteiger partial charge in [0.05, 0.1) is 0 Å². The molecule has 0 amide bonds. The quantitative estimate of drug-likeness (QED) is 0.765. The number of esters is 1. The lowest BCUT2D eigenvalue weighted by Crippen LogP contribution is -2.31. The van der Waals surface area contributed by atoms with Crippen molar-refractivity contribution in [3.63, 3.8) is 0 Å². The first-order valence-electron chi connectivity index (χ1n) is 4.41. The van der Waals surface area contributed by atoms with Gasteiger partial charge in [0.1, 0.15) is 11.6 Å². The summed E-state index contributed by atoms with van der Waals surface area (Å²) < 4.78 is 5.16. The molecule has 0 bridgehead atoms. The normalized spacial score (nSPS) is 13.7. The highest BCUT2D eigenvalue weighted by atomic mass is 32.1. The first-order chi connectivity index (χ1) is 6.40. The first kappa shape index (κ1) is 11.2. The molecular formula is C10H15NO2S. The van der Waals surface area contributed by atoms with E-state index in [1.54, 1.807) is 0 Å². The fourth-order valence-corrected chi connectivity index (χ4v) is 1.65. The maximum atomic E-state index is 11.5. The van der Waals surface area contributed by atoms with Crippen molar-refractivity contribution in [3.8, 4) is 0 Å². The number of rotatable bonds is 2. The smallest absolute Gasteiger partial charge is 0.328 e. The van der Waals surface area contributed by atoms with Crippen molar-refractivity contribution in [2.24, 2.45) is 5.73 Å². The van der Waals surface area contributed by atoms with E-state index in [1.165, 1.54) is 11.3 Å². The zero-order valence-corrected chi connectivity index (χ0v) is 9.43. The van der Waals surface area contributed by atoms with Crippen LogP contribution in [0.2, 0.25) is 0 Å². The summed E-state index contributed by atoms with van der Waals surface area (Å²) in [5.74, 6) is -0.379. The zero-order valence-electron chi connectivity index (χ0n) is 8.61. The van der Waals surface area contributed by atoms with E-state index in [9.17, 15) is 4.79 Å². The van der Waals surface area contributed by atoms with Crippen molar-refractivity contribution < 1.29 is 9.53 Å². The highest BCUT2D eigenvalue weighted by Gasteiger charge is 2.23. The topological polar surface area (TPSA) is 52.3 Å². The van der Waals surface area contributed by atoms with Crippen LogP contribution in [0.3, 0.4) is 0 Å². The molecule has 2 N–H and O–H groups in total. The summed E-state index contributed by atoms with van der Waals surface area (Å²) in [7, 11) is 0. The van der Waals surface area contributed by atoms with E-state index >= 15 is 0 Å². The van der Waals surface area contributed by atoms with Gasteiger partial charge in [-0.3, -0.25) is 0 Å². The molecular weight excluding hydrogens is 198 g/mol. The van der Waals surface area contributed by atoms with E-state index in [-0.39, 0.29) is 5.97 Å². The third kappa shape index (κ3) is 3.12. The van der Waals surface area contributed by atoms with Gasteiger partial charge in [-0.1, -0.05) is 0 Å². The highest BCUT2D eigenvalue weighted by Crippen LogP contribution is 2.18. The summed E-state index contributed by atoms with van der Waals surface area (Å²) in [6.07, 6.45) is 0. The van der Waals surface area contributed by atoms with Gasteiger partial charge in [0.15, 0.2) is 0 Å². The van der Waals surface area contributed by atoms with Gasteiger partial charge in [-0.2, -0.15) is 11.3 Å². The third-order valence-electron chi connectivity index (χ3n) is 1.56. The molecule has 1 unspecified atom stereocenters. The fraction of sp³-hybridized carbons (Fsp3) is 0.500. The molecule has 1 aromatic heterocycles. The van der Waals surface area contributed by atoms with Crippen LogP contribution >= 0.6 is 11.3 Å². The molecule has 1 atom stereocenters. The van der Waals surface area contributed by atoms with E-state index in [1.807, 2.05) is 37.6 Å². The molecule has 0 fully saturated rings. The van der Waals surface area contributed by atoms with Crippen molar-refractivity contribution in [1.82, 2.24) is 0 Å². The molecule has 0 saturated heterocycles. The Balaban J connectivity index is 2.63. The molecule has 3 nitrogen and oxygen atoms in total. The number of thiophene rings is 1. The summed E-state index contributed by atoms with van der Waals surface area (Å²) in [5.41, 5.74) is 6.05. The Labute approximate surface area is 87.9 Å². The predicted molar refractivity (Wildman–Crippen MR) is 57.1 cm³/mol. The lowest BCUT2D eigenvalue weighted by atomic mass is 10.1. The molecule has 78 valence electrons. The second-order valence-electron chi connectivity index (χ2n) is 4.07. The number of hydrogen-bond donors (Lipinski definition) is 1. The minimum absolute atomic E-state index is 0.379. The first-order valence-corrected chi connectivity index (χ1v) is 5.35. The van der Waals surface area contributed by atoms with Gasteiger partial charge < -0.3 is 10.5 Å². The van der Waals surface area contributed by atoms with Gasteiger partial charge >= 0.3 is 5.97 Å². The van der Waals surface area contributed by atoms with Gasteiger partial charge in [-0.05, 0) is 43.2 Å². The molecule has 0 aliphatic rings. The Morgan fingerprint density at radius 3 is 2.64 bits per heavy atom. The minimum Gasteiger partial charge on any atom is -0.459 e. The van der Waals surface area contributed by atoms with Gasteiger partial charge in [0, 0.05) is 0 Å². The molecule has 1 aromatic rings. The molecule has 0 radical (unpaired) electrons. The summed E-state index contributed by atoms with van der Waals surface area (Å²) in [6.45, 7) is 5.47. The van der Waals surface area contributed by atoms with E-state index < -0.39 is 11.6 Å². The maximum Gasteiger partial charge on any atom is 0.328 e. The minimum atomic E-state index is -0.666. The van der Waals surface area contributed by atoms with E-state index in [4.69, 9.17) is 10.5 Å². The second-order valence-corrected chi connectivity index (χ2v) is 4.85. The molecule has 1 heterocycles. The Morgan fingerprint density at radius 2 is 2.21 bits per heavy atom. The Kier molecular flexibility index (Phi) is 3.29. The fourth-order valence-electron chi connectivity index (χ4n) is 0.953. The van der Waals surface area contributed by atoms with Crippen LogP contribution in [0.5, 0.6) is 0 Å². The van der Waals surface area contributed by atoms with E-state index in [0.29, 0.717) is 0 Å². The molecule has 0 spiro atoms. The van der Waals surface area contributed by atoms with Crippen LogP contribution in [0, 0.1) is 0 Å². The molecule has 0 aliphatic carbocycles. The maximum absolute atomic E-state index is 11.5. The van der Waals surface area contributed by atoms with Crippen LogP contribution in [0.1, 0.15) is 32.4 Å². The van der Waals surface area contributed by atoms with Crippen LogP contribution in [0.4, 0.5) is 0 Å². The number of carbonyl (C=O) groups is 1. The Hall–Kier alpha value is -0.870. The van der Waals surface area contributed by atoms with Crippen LogP contribution in [-0.4, -0.2) is 11.6 Å². The van der Waals surface area contributed by atoms with Gasteiger partial charge in [0.2, 0.25) is 0 Å². The Morgan fingerprint density at radius 1 is 1.57 bits per heavy atom. The van der Waals surface area contributed by atoms with Crippen molar-refractivity contribution in [1.29, 1.82) is 0 Å². The van der Waals surface area contributed by atoms with Crippen molar-refractivity contribution in [3.05, 3.63) is 22.4 Å². The second kappa shape index (κ2) is 4.11. The van der Waals surface area contributed by atoms with Crippen LogP contribution in [0.25, 0.3) is 0 Å². The number of carbonyl (C=O) groups excluding carboxylic acids is 1. The Bertz CT molecular complexity index is 300. The third-order valence-corrected chi connectivity index (χ3v) is 2.26. The van der Waals surface area contributed by atoms with Gasteiger partial charge in [-0.25, -0.2) is 4.79 Å². The molecule has 14 heavy (non-hydrogen) atoms. The van der Waals surface area contributed by atoms with E-state index in [2.05, 4.69) is 0 Å². The standard InChI is InChI=1S/C10H15NO2S/c1-10(2,3)13-9(12)8(11)7-4-5-14-6-7/h4-6,8H,11H2,1-3H3. The van der Waals surface area contributed by atoms with Crippen LogP contribution in [0.15, 0.2) is 16.8 Å². The van der Waals surface area contributed by atoms with Crippen molar-refractivity contribution in [2.75, 3.05) is 0 Å². The van der Waals surface area contributed by atoms with Crippen molar-refractivity contribution in [2.45, 2.75) is 32.4 Å². The van der Waals surface area contributed by atoms with E-state index in [0.717, 1.165) is 5.56 Å². The molecule has 0 aliphatic heterocycles. The predicted octanol–water partition coefficient (Wildman–Crippen LogP) is 2.09. The average molecular weight is 213 g/mol. The molecule has 4 heteroatoms. The monoisotopic (exact) mass is 213 g/mol. The highest BCUT2D eigenvalue weighted by molar-refractivity contribution is 7.08. The molecule has 0 aromatic carbocycles. The summed E-state index contributed by atoms with van der Waals surface area (Å²) in [4.78, 5) is 11.5. The lowest BCUT2D eigenvalue weighted by molar-refractivity contribution is -0.156. The lowest BCUT2D eigenvalue weighted by Gasteiger charge is -2.21. The summed E-state index contributed by atoms with van der Waals surface area (Å²) in [6, 6.07) is 1.17. The number of hydrogen-bond acceptors (Lipinski definition) is 4. The molecule has 1 rings (SSSR count). The van der Waals surface area contributed by atoms with Crippen LogP contribution < -0.4 is 5.73 Å². The molecule has 0 saturated carbocycles. The summed E-state index contributed by atoms with van der Waals surface area (Å²) in [5, 5.41) is 3.74. The average Bonchev–Trinajstić information content (AvgIpc) is 2.51. The largest absolute Gasteiger partial charge is 0.459 e. The van der Waals surface area contributed by atoms with Crippen LogP contribution in [-0.2, 0) is 9.53 Å². The number of ether oxygens (including phenoxy) is 1. The van der Waals surface area contributed by atoms with Gasteiger partial charge in [0.25, 0.3) is 0 Å². The number of nitrogens with two attached hydrogens (primary N) is 1. The van der Waals surface area contributed by atoms with Crippen molar-refractivity contribution >= 4 is 17.3 Å². The SMILES string of the molecule is CC(C)(C)OC(=O)C(N)c1ccsc1. The van der Waals surface area contributed by atoms with Gasteiger partial charge in [-0.15, -0.1) is 0 Å².